The second-order valence-electron chi connectivity index (χ2n) is 6.76. The molecule has 148 valence electrons. The normalized spacial score (nSPS) is 12.6. The Labute approximate surface area is 170 Å². The van der Waals surface area contributed by atoms with Crippen molar-refractivity contribution in [1.82, 2.24) is 10.6 Å². The topological polar surface area (TPSA) is 78.4 Å². The van der Waals surface area contributed by atoms with E-state index in [9.17, 15) is 14.7 Å². The number of nitrogens with one attached hydrogen (secondary N) is 2. The van der Waals surface area contributed by atoms with Gasteiger partial charge in [-0.05, 0) is 29.7 Å². The highest BCUT2D eigenvalue weighted by Gasteiger charge is 2.25. The molecule has 5 heteroatoms. The summed E-state index contributed by atoms with van der Waals surface area (Å²) in [5.74, 6) is -0.700. The highest BCUT2D eigenvalue weighted by atomic mass is 16.3. The summed E-state index contributed by atoms with van der Waals surface area (Å²) in [6, 6.07) is 26.1. The van der Waals surface area contributed by atoms with Crippen molar-refractivity contribution in [2.24, 2.45) is 0 Å². The van der Waals surface area contributed by atoms with Crippen LogP contribution in [0.3, 0.4) is 0 Å². The lowest BCUT2D eigenvalue weighted by molar-refractivity contribution is -0.124. The number of aliphatic hydroxyl groups excluding tert-OH is 1. The highest BCUT2D eigenvalue weighted by Crippen LogP contribution is 2.15. The van der Waals surface area contributed by atoms with E-state index in [1.807, 2.05) is 54.6 Å². The number of benzene rings is 3. The van der Waals surface area contributed by atoms with Gasteiger partial charge in [-0.25, -0.2) is 0 Å². The first-order valence-corrected chi connectivity index (χ1v) is 9.53. The van der Waals surface area contributed by atoms with Crippen molar-refractivity contribution in [3.8, 4) is 0 Å². The predicted octanol–water partition coefficient (Wildman–Crippen LogP) is 2.88. The molecule has 0 aliphatic heterocycles. The van der Waals surface area contributed by atoms with Crippen LogP contribution < -0.4 is 10.6 Å². The van der Waals surface area contributed by atoms with Gasteiger partial charge in [0, 0.05) is 5.56 Å². The molecule has 3 N–H and O–H groups in total. The summed E-state index contributed by atoms with van der Waals surface area (Å²) in [6.07, 6.45) is 0.497. The number of hydrogen-bond acceptors (Lipinski definition) is 3. The zero-order valence-corrected chi connectivity index (χ0v) is 16.0. The average molecular weight is 388 g/mol. The van der Waals surface area contributed by atoms with Crippen molar-refractivity contribution >= 4 is 11.8 Å². The molecule has 0 saturated carbocycles. The van der Waals surface area contributed by atoms with Gasteiger partial charge in [0.15, 0.2) is 0 Å². The monoisotopic (exact) mass is 388 g/mol. The number of aliphatic hydroxyl groups is 1. The van der Waals surface area contributed by atoms with Gasteiger partial charge >= 0.3 is 0 Å². The molecule has 5 nitrogen and oxygen atoms in total. The molecule has 2 atom stereocenters. The summed E-state index contributed by atoms with van der Waals surface area (Å²) in [7, 11) is 0. The first-order valence-electron chi connectivity index (χ1n) is 9.53. The van der Waals surface area contributed by atoms with E-state index in [1.165, 1.54) is 0 Å². The molecular formula is C24H24N2O3. The molecule has 0 bridgehead atoms. The van der Waals surface area contributed by atoms with Gasteiger partial charge in [0.1, 0.15) is 6.04 Å². The van der Waals surface area contributed by atoms with Crippen molar-refractivity contribution in [2.75, 3.05) is 6.61 Å². The first-order chi connectivity index (χ1) is 14.2. The summed E-state index contributed by atoms with van der Waals surface area (Å²) in [5.41, 5.74) is 2.16. The zero-order valence-electron chi connectivity index (χ0n) is 16.0. The Bertz CT molecular complexity index is 915. The van der Waals surface area contributed by atoms with Crippen LogP contribution in [0, 0.1) is 0 Å². The van der Waals surface area contributed by atoms with Gasteiger partial charge in [-0.15, -0.1) is 0 Å². The maximum absolute atomic E-state index is 13.0. The molecule has 0 heterocycles. The third-order valence-corrected chi connectivity index (χ3v) is 4.60. The van der Waals surface area contributed by atoms with Crippen molar-refractivity contribution < 1.29 is 14.7 Å². The summed E-state index contributed by atoms with van der Waals surface area (Å²) < 4.78 is 0. The lowest BCUT2D eigenvalue weighted by atomic mass is 10.0. The molecule has 3 rings (SSSR count). The van der Waals surface area contributed by atoms with E-state index in [4.69, 9.17) is 0 Å². The van der Waals surface area contributed by atoms with Crippen molar-refractivity contribution in [2.45, 2.75) is 18.5 Å². The van der Waals surface area contributed by atoms with Crippen LogP contribution in [0.1, 0.15) is 27.5 Å². The molecule has 3 aromatic rings. The molecule has 0 spiro atoms. The lowest BCUT2D eigenvalue weighted by Gasteiger charge is -2.23. The third kappa shape index (κ3) is 5.77. The van der Waals surface area contributed by atoms with Crippen LogP contribution in [-0.2, 0) is 11.2 Å². The number of carbonyl (C=O) groups is 2. The average Bonchev–Trinajstić information content (AvgIpc) is 2.78. The minimum absolute atomic E-state index is 0.200. The summed E-state index contributed by atoms with van der Waals surface area (Å²) in [6.45, 7) is -0.200. The van der Waals surface area contributed by atoms with Crippen molar-refractivity contribution in [3.63, 3.8) is 0 Å². The summed E-state index contributed by atoms with van der Waals surface area (Å²) in [4.78, 5) is 25.7. The molecule has 2 amide bonds. The predicted molar refractivity (Wildman–Crippen MR) is 112 cm³/mol. The first kappa shape index (κ1) is 20.3. The maximum Gasteiger partial charge on any atom is 0.252 e. The Morgan fingerprint density at radius 2 is 1.31 bits per heavy atom. The molecule has 0 fully saturated rings. The largest absolute Gasteiger partial charge is 0.394 e. The standard InChI is InChI=1S/C24H24N2O3/c27-17-21(16-18-10-4-1-5-11-18)25-24(29)22(19-12-6-2-7-13-19)26-23(28)20-14-8-3-9-15-20/h1-15,21-22,27H,16-17H2,(H,25,29)(H,26,28). The van der Waals surface area contributed by atoms with E-state index in [-0.39, 0.29) is 18.4 Å². The van der Waals surface area contributed by atoms with Gasteiger partial charge in [0.05, 0.1) is 12.6 Å². The van der Waals surface area contributed by atoms with Crippen molar-refractivity contribution in [3.05, 3.63) is 108 Å². The molecule has 0 radical (unpaired) electrons. The molecule has 29 heavy (non-hydrogen) atoms. The summed E-state index contributed by atoms with van der Waals surface area (Å²) in [5, 5.41) is 15.4. The second kappa shape index (κ2) is 10.2. The second-order valence-corrected chi connectivity index (χ2v) is 6.76. The number of rotatable bonds is 8. The smallest absolute Gasteiger partial charge is 0.252 e. The van der Waals surface area contributed by atoms with Crippen LogP contribution in [0.15, 0.2) is 91.0 Å². The van der Waals surface area contributed by atoms with Crippen molar-refractivity contribution in [1.29, 1.82) is 0 Å². The third-order valence-electron chi connectivity index (χ3n) is 4.60. The Hall–Kier alpha value is -3.44. The van der Waals surface area contributed by atoms with Gasteiger partial charge in [-0.2, -0.15) is 0 Å². The molecule has 3 aromatic carbocycles. The fraction of sp³-hybridized carbons (Fsp3) is 0.167. The Balaban J connectivity index is 1.76. The van der Waals surface area contributed by atoms with Crippen LogP contribution in [0.5, 0.6) is 0 Å². The molecule has 2 unspecified atom stereocenters. The summed E-state index contributed by atoms with van der Waals surface area (Å²) >= 11 is 0. The van der Waals surface area contributed by atoms with Gasteiger partial charge in [0.2, 0.25) is 5.91 Å². The molecule has 0 aliphatic rings. The Kier molecular flexibility index (Phi) is 7.14. The van der Waals surface area contributed by atoms with Crippen LogP contribution in [0.25, 0.3) is 0 Å². The van der Waals surface area contributed by atoms with E-state index >= 15 is 0 Å². The lowest BCUT2D eigenvalue weighted by Crippen LogP contribution is -2.46. The van der Waals surface area contributed by atoms with E-state index in [2.05, 4.69) is 10.6 Å². The zero-order chi connectivity index (χ0) is 20.5. The Morgan fingerprint density at radius 3 is 1.90 bits per heavy atom. The Morgan fingerprint density at radius 1 is 0.759 bits per heavy atom. The van der Waals surface area contributed by atoms with Crippen LogP contribution in [-0.4, -0.2) is 29.6 Å². The van der Waals surface area contributed by atoms with E-state index in [0.717, 1.165) is 5.56 Å². The van der Waals surface area contributed by atoms with Gasteiger partial charge in [-0.1, -0.05) is 78.9 Å². The van der Waals surface area contributed by atoms with Crippen LogP contribution in [0.4, 0.5) is 0 Å². The van der Waals surface area contributed by atoms with E-state index in [1.54, 1.807) is 36.4 Å². The minimum atomic E-state index is -0.867. The number of hydrogen-bond donors (Lipinski definition) is 3. The fourth-order valence-electron chi connectivity index (χ4n) is 3.09. The van der Waals surface area contributed by atoms with Gasteiger partial charge in [-0.3, -0.25) is 9.59 Å². The quantitative estimate of drug-likeness (QED) is 0.555. The van der Waals surface area contributed by atoms with E-state index in [0.29, 0.717) is 17.5 Å². The van der Waals surface area contributed by atoms with Gasteiger partial charge < -0.3 is 15.7 Å². The van der Waals surface area contributed by atoms with E-state index < -0.39 is 12.1 Å². The molecule has 0 aliphatic carbocycles. The maximum atomic E-state index is 13.0. The number of amides is 2. The minimum Gasteiger partial charge on any atom is -0.394 e. The van der Waals surface area contributed by atoms with Crippen LogP contribution >= 0.6 is 0 Å². The van der Waals surface area contributed by atoms with Crippen LogP contribution in [0.2, 0.25) is 0 Å². The number of carbonyl (C=O) groups excluding carboxylic acids is 2. The SMILES string of the molecule is O=C(NC(C(=O)NC(CO)Cc1ccccc1)c1ccccc1)c1ccccc1. The molecule has 0 aromatic heterocycles. The fourth-order valence-corrected chi connectivity index (χ4v) is 3.09. The molecule has 0 saturated heterocycles. The highest BCUT2D eigenvalue weighted by molar-refractivity contribution is 5.97. The molecular weight excluding hydrogens is 364 g/mol. The van der Waals surface area contributed by atoms with Gasteiger partial charge in [0.25, 0.3) is 5.91 Å².